The van der Waals surface area contributed by atoms with E-state index in [1.165, 1.54) is 0 Å². The van der Waals surface area contributed by atoms with Gasteiger partial charge in [-0.2, -0.15) is 0 Å². The van der Waals surface area contributed by atoms with E-state index in [9.17, 15) is 5.11 Å². The van der Waals surface area contributed by atoms with Crippen molar-refractivity contribution in [2.24, 2.45) is 5.92 Å². The van der Waals surface area contributed by atoms with Crippen LogP contribution in [0.5, 0.6) is 0 Å². The van der Waals surface area contributed by atoms with Gasteiger partial charge in [0.1, 0.15) is 11.2 Å². The summed E-state index contributed by atoms with van der Waals surface area (Å²) < 4.78 is 19.7. The van der Waals surface area contributed by atoms with E-state index in [0.717, 1.165) is 16.7 Å². The van der Waals surface area contributed by atoms with Crippen molar-refractivity contribution in [2.45, 2.75) is 50.8 Å². The van der Waals surface area contributed by atoms with Gasteiger partial charge in [-0.05, 0) is 37.5 Å². The van der Waals surface area contributed by atoms with Gasteiger partial charge in [0.15, 0.2) is 5.79 Å². The molecular weight excluding hydrogens is 412 g/mol. The Balaban J connectivity index is 1.83. The third-order valence-corrected chi connectivity index (χ3v) is 6.41. The maximum atomic E-state index is 9.88. The molecule has 3 aromatic carbocycles. The van der Waals surface area contributed by atoms with Crippen molar-refractivity contribution in [3.05, 3.63) is 108 Å². The van der Waals surface area contributed by atoms with Crippen LogP contribution >= 0.6 is 0 Å². The fourth-order valence-electron chi connectivity index (χ4n) is 5.02. The lowest BCUT2D eigenvalue weighted by atomic mass is 9.79. The fourth-order valence-corrected chi connectivity index (χ4v) is 5.02. The van der Waals surface area contributed by atoms with Gasteiger partial charge in [0, 0.05) is 12.5 Å². The number of hydrogen-bond donors (Lipinski definition) is 1. The third-order valence-electron chi connectivity index (χ3n) is 6.41. The van der Waals surface area contributed by atoms with Gasteiger partial charge in [-0.25, -0.2) is 0 Å². The monoisotopic (exact) mass is 446 g/mol. The molecule has 1 heterocycles. The van der Waals surface area contributed by atoms with Gasteiger partial charge in [-0.15, -0.1) is 0 Å². The van der Waals surface area contributed by atoms with Crippen LogP contribution in [0.1, 0.15) is 44.4 Å². The molecule has 0 saturated carbocycles. The van der Waals surface area contributed by atoms with Crippen LogP contribution in [0.25, 0.3) is 0 Å². The molecular formula is C29H34O4. The highest BCUT2D eigenvalue weighted by molar-refractivity contribution is 5.47. The number of benzene rings is 3. The minimum absolute atomic E-state index is 0.0148. The molecule has 3 aromatic rings. The van der Waals surface area contributed by atoms with Crippen molar-refractivity contribution in [3.63, 3.8) is 0 Å². The smallest absolute Gasteiger partial charge is 0.164 e. The van der Waals surface area contributed by atoms with E-state index in [1.54, 1.807) is 0 Å². The van der Waals surface area contributed by atoms with Crippen molar-refractivity contribution >= 4 is 0 Å². The highest BCUT2D eigenvalue weighted by atomic mass is 16.8. The van der Waals surface area contributed by atoms with Crippen molar-refractivity contribution in [2.75, 3.05) is 13.2 Å². The topological polar surface area (TPSA) is 47.9 Å². The van der Waals surface area contributed by atoms with Crippen molar-refractivity contribution in [1.29, 1.82) is 0 Å². The normalized spacial score (nSPS) is 23.4. The first-order valence-corrected chi connectivity index (χ1v) is 11.6. The van der Waals surface area contributed by atoms with Crippen LogP contribution in [0.2, 0.25) is 0 Å². The first-order valence-electron chi connectivity index (χ1n) is 11.6. The van der Waals surface area contributed by atoms with E-state index < -0.39 is 17.0 Å². The molecule has 0 amide bonds. The van der Waals surface area contributed by atoms with Gasteiger partial charge >= 0.3 is 0 Å². The molecule has 4 heteroatoms. The van der Waals surface area contributed by atoms with Crippen LogP contribution in [0.15, 0.2) is 91.0 Å². The van der Waals surface area contributed by atoms with Gasteiger partial charge in [0.25, 0.3) is 0 Å². The second kappa shape index (κ2) is 9.40. The number of aliphatic hydroxyl groups excluding tert-OH is 1. The third kappa shape index (κ3) is 4.62. The minimum atomic E-state index is -0.837. The molecule has 1 aliphatic rings. The van der Waals surface area contributed by atoms with Crippen LogP contribution in [0.4, 0.5) is 0 Å². The molecule has 1 N–H and O–H groups in total. The van der Waals surface area contributed by atoms with Crippen molar-refractivity contribution in [1.82, 2.24) is 0 Å². The summed E-state index contributed by atoms with van der Waals surface area (Å²) in [5.74, 6) is -0.860. The quantitative estimate of drug-likeness (QED) is 0.462. The zero-order valence-corrected chi connectivity index (χ0v) is 19.9. The molecule has 174 valence electrons. The van der Waals surface area contributed by atoms with Gasteiger partial charge in [0.05, 0.1) is 12.7 Å². The summed E-state index contributed by atoms with van der Waals surface area (Å²) >= 11 is 0. The van der Waals surface area contributed by atoms with E-state index in [2.05, 4.69) is 36.4 Å². The molecule has 4 rings (SSSR count). The zero-order chi connectivity index (χ0) is 23.5. The second-order valence-corrected chi connectivity index (χ2v) is 9.58. The van der Waals surface area contributed by atoms with E-state index in [1.807, 2.05) is 82.3 Å². The van der Waals surface area contributed by atoms with Gasteiger partial charge in [-0.1, -0.05) is 97.9 Å². The molecule has 0 bridgehead atoms. The summed E-state index contributed by atoms with van der Waals surface area (Å²) in [5, 5.41) is 9.88. The Kier molecular flexibility index (Phi) is 6.73. The highest BCUT2D eigenvalue weighted by Crippen LogP contribution is 2.45. The summed E-state index contributed by atoms with van der Waals surface area (Å²) in [6.45, 7) is 8.12. The second-order valence-electron chi connectivity index (χ2n) is 9.58. The summed E-state index contributed by atoms with van der Waals surface area (Å²) in [4.78, 5) is 0. The average Bonchev–Trinajstić information content (AvgIpc) is 3.10. The lowest BCUT2D eigenvalue weighted by Crippen LogP contribution is -2.48. The fraction of sp³-hybridized carbons (Fsp3) is 0.379. The Morgan fingerprint density at radius 1 is 0.818 bits per heavy atom. The first-order chi connectivity index (χ1) is 15.8. The van der Waals surface area contributed by atoms with E-state index in [4.69, 9.17) is 14.2 Å². The SMILES string of the molecule is C[C@@H](CO)[C@H]1OC(C)(C)O[C@]1(C)COC(c1ccccc1)(c1ccccc1)c1ccccc1. The van der Waals surface area contributed by atoms with E-state index in [-0.39, 0.29) is 25.2 Å². The maximum Gasteiger partial charge on any atom is 0.164 e. The first kappa shape index (κ1) is 23.7. The van der Waals surface area contributed by atoms with Crippen LogP contribution in [0.3, 0.4) is 0 Å². The van der Waals surface area contributed by atoms with E-state index in [0.29, 0.717) is 0 Å². The van der Waals surface area contributed by atoms with Crippen LogP contribution < -0.4 is 0 Å². The van der Waals surface area contributed by atoms with Gasteiger partial charge in [-0.3, -0.25) is 0 Å². The van der Waals surface area contributed by atoms with Crippen molar-refractivity contribution in [3.8, 4) is 0 Å². The standard InChI is InChI=1S/C29H34O4/c1-22(20-30)26-28(4,33-27(2,3)32-26)21-31-29(23-14-8-5-9-15-23,24-16-10-6-11-17-24)25-18-12-7-13-19-25/h5-19,22,26,30H,20-21H2,1-4H3/t22-,26+,28+/m0/s1. The zero-order valence-electron chi connectivity index (χ0n) is 19.9. The minimum Gasteiger partial charge on any atom is -0.396 e. The average molecular weight is 447 g/mol. The summed E-state index contributed by atoms with van der Waals surface area (Å²) in [6.07, 6.45) is -0.308. The lowest BCUT2D eigenvalue weighted by molar-refractivity contribution is -0.177. The van der Waals surface area contributed by atoms with Crippen molar-refractivity contribution < 1.29 is 19.3 Å². The molecule has 1 fully saturated rings. The van der Waals surface area contributed by atoms with Crippen LogP contribution in [-0.2, 0) is 19.8 Å². The number of hydrogen-bond acceptors (Lipinski definition) is 4. The Morgan fingerprint density at radius 2 is 1.24 bits per heavy atom. The molecule has 1 aliphatic heterocycles. The Morgan fingerprint density at radius 3 is 1.64 bits per heavy atom. The highest BCUT2D eigenvalue weighted by Gasteiger charge is 2.53. The van der Waals surface area contributed by atoms with Crippen LogP contribution in [0, 0.1) is 5.92 Å². The Hall–Kier alpha value is -2.50. The van der Waals surface area contributed by atoms with Gasteiger partial charge in [0.2, 0.25) is 0 Å². The predicted octanol–water partition coefficient (Wildman–Crippen LogP) is 5.53. The molecule has 0 unspecified atom stereocenters. The number of rotatable bonds is 8. The largest absolute Gasteiger partial charge is 0.396 e. The molecule has 4 nitrogen and oxygen atoms in total. The molecule has 1 saturated heterocycles. The number of ether oxygens (including phenoxy) is 3. The Bertz CT molecular complexity index is 923. The predicted molar refractivity (Wildman–Crippen MR) is 130 cm³/mol. The molecule has 3 atom stereocenters. The van der Waals surface area contributed by atoms with Gasteiger partial charge < -0.3 is 19.3 Å². The lowest BCUT2D eigenvalue weighted by Gasteiger charge is -2.40. The Labute approximate surface area is 197 Å². The summed E-state index contributed by atoms with van der Waals surface area (Å²) in [6, 6.07) is 30.9. The molecule has 0 spiro atoms. The molecule has 0 aromatic heterocycles. The van der Waals surface area contributed by atoms with E-state index >= 15 is 0 Å². The van der Waals surface area contributed by atoms with Crippen LogP contribution in [-0.4, -0.2) is 35.8 Å². The molecule has 33 heavy (non-hydrogen) atoms. The molecule has 0 aliphatic carbocycles. The summed E-state index contributed by atoms with van der Waals surface area (Å²) in [7, 11) is 0. The number of aliphatic hydroxyl groups is 1. The molecule has 0 radical (unpaired) electrons. The summed E-state index contributed by atoms with van der Waals surface area (Å²) in [5.41, 5.74) is 1.54. The maximum absolute atomic E-state index is 9.88.